The van der Waals surface area contributed by atoms with Crippen LogP contribution in [0.4, 0.5) is 24.7 Å². The van der Waals surface area contributed by atoms with Crippen molar-refractivity contribution in [2.45, 2.75) is 13.1 Å². The smallest absolute Gasteiger partial charge is 0.399 e. The van der Waals surface area contributed by atoms with E-state index in [4.69, 9.17) is 5.73 Å². The SMILES string of the molecule is C/C(=N\Nc1cc(C(F)(F)F)nc(-c2ccccc2)n1)c1ccc(N)cc1. The van der Waals surface area contributed by atoms with E-state index in [-0.39, 0.29) is 11.6 Å². The van der Waals surface area contributed by atoms with Crippen LogP contribution in [-0.2, 0) is 6.18 Å². The molecular formula is C19H16F3N5. The van der Waals surface area contributed by atoms with Gasteiger partial charge in [0.2, 0.25) is 0 Å². The third kappa shape index (κ3) is 4.60. The molecule has 0 saturated carbocycles. The molecule has 1 aromatic heterocycles. The van der Waals surface area contributed by atoms with Crippen molar-refractivity contribution in [2.24, 2.45) is 5.10 Å². The van der Waals surface area contributed by atoms with E-state index in [2.05, 4.69) is 20.5 Å². The predicted octanol–water partition coefficient (Wildman–Crippen LogP) is 4.58. The largest absolute Gasteiger partial charge is 0.433 e. The van der Waals surface area contributed by atoms with Crippen LogP contribution < -0.4 is 11.2 Å². The third-order valence-electron chi connectivity index (χ3n) is 3.72. The molecule has 2 aromatic carbocycles. The second-order valence-corrected chi connectivity index (χ2v) is 5.76. The summed E-state index contributed by atoms with van der Waals surface area (Å²) in [6.45, 7) is 1.72. The molecule has 0 saturated heterocycles. The quantitative estimate of drug-likeness (QED) is 0.400. The minimum absolute atomic E-state index is 0.0340. The Hall–Kier alpha value is -3.42. The fourth-order valence-corrected chi connectivity index (χ4v) is 2.30. The van der Waals surface area contributed by atoms with Gasteiger partial charge in [0.05, 0.1) is 5.71 Å². The van der Waals surface area contributed by atoms with E-state index in [0.717, 1.165) is 11.6 Å². The molecule has 0 fully saturated rings. The van der Waals surface area contributed by atoms with E-state index in [1.54, 1.807) is 61.5 Å². The van der Waals surface area contributed by atoms with E-state index in [9.17, 15) is 13.2 Å². The van der Waals surface area contributed by atoms with Crippen molar-refractivity contribution in [3.63, 3.8) is 0 Å². The zero-order valence-corrected chi connectivity index (χ0v) is 14.3. The highest BCUT2D eigenvalue weighted by atomic mass is 19.4. The number of rotatable bonds is 4. The number of alkyl halides is 3. The van der Waals surface area contributed by atoms with Gasteiger partial charge in [-0.3, -0.25) is 5.43 Å². The number of hydrogen-bond acceptors (Lipinski definition) is 5. The number of nitrogen functional groups attached to an aromatic ring is 1. The predicted molar refractivity (Wildman–Crippen MR) is 99.2 cm³/mol. The lowest BCUT2D eigenvalue weighted by atomic mass is 10.1. The number of nitrogens with zero attached hydrogens (tertiary/aromatic N) is 3. The van der Waals surface area contributed by atoms with Gasteiger partial charge >= 0.3 is 6.18 Å². The monoisotopic (exact) mass is 371 g/mol. The van der Waals surface area contributed by atoms with E-state index >= 15 is 0 Å². The lowest BCUT2D eigenvalue weighted by Gasteiger charge is -2.11. The minimum Gasteiger partial charge on any atom is -0.399 e. The van der Waals surface area contributed by atoms with E-state index in [0.29, 0.717) is 17.0 Å². The van der Waals surface area contributed by atoms with Gasteiger partial charge in [-0.15, -0.1) is 0 Å². The molecule has 3 rings (SSSR count). The molecule has 3 aromatic rings. The van der Waals surface area contributed by atoms with Crippen LogP contribution in [0.5, 0.6) is 0 Å². The fourth-order valence-electron chi connectivity index (χ4n) is 2.30. The van der Waals surface area contributed by atoms with Crippen LogP contribution in [-0.4, -0.2) is 15.7 Å². The minimum atomic E-state index is -4.60. The molecule has 1 heterocycles. The Balaban J connectivity index is 1.94. The van der Waals surface area contributed by atoms with E-state index in [1.807, 2.05) is 0 Å². The van der Waals surface area contributed by atoms with E-state index in [1.165, 1.54) is 0 Å². The Bertz CT molecular complexity index is 951. The number of anilines is 2. The highest BCUT2D eigenvalue weighted by Crippen LogP contribution is 2.30. The van der Waals surface area contributed by atoms with Crippen LogP contribution in [0.15, 0.2) is 65.8 Å². The lowest BCUT2D eigenvalue weighted by Crippen LogP contribution is -2.11. The fraction of sp³-hybridized carbons (Fsp3) is 0.105. The van der Waals surface area contributed by atoms with Crippen LogP contribution in [0.3, 0.4) is 0 Å². The first kappa shape index (κ1) is 18.4. The van der Waals surface area contributed by atoms with Gasteiger partial charge in [0.25, 0.3) is 0 Å². The van der Waals surface area contributed by atoms with Gasteiger partial charge in [0, 0.05) is 17.3 Å². The normalized spacial score (nSPS) is 12.1. The highest BCUT2D eigenvalue weighted by molar-refractivity contribution is 5.99. The third-order valence-corrected chi connectivity index (χ3v) is 3.72. The van der Waals surface area contributed by atoms with Crippen molar-refractivity contribution < 1.29 is 13.2 Å². The van der Waals surface area contributed by atoms with Gasteiger partial charge in [0.1, 0.15) is 0 Å². The summed E-state index contributed by atoms with van der Waals surface area (Å²) in [5.74, 6) is -0.0840. The maximum Gasteiger partial charge on any atom is 0.433 e. The van der Waals surface area contributed by atoms with Crippen molar-refractivity contribution in [1.82, 2.24) is 9.97 Å². The molecule has 138 valence electrons. The zero-order valence-electron chi connectivity index (χ0n) is 14.3. The molecule has 0 unspecified atom stereocenters. The Kier molecular flexibility index (Phi) is 5.07. The molecule has 0 aliphatic heterocycles. The molecule has 0 amide bonds. The molecule has 0 radical (unpaired) electrons. The van der Waals surface area contributed by atoms with Crippen LogP contribution in [0, 0.1) is 0 Å². The van der Waals surface area contributed by atoms with Gasteiger partial charge in [0.15, 0.2) is 17.3 Å². The molecule has 27 heavy (non-hydrogen) atoms. The molecule has 5 nitrogen and oxygen atoms in total. The summed E-state index contributed by atoms with van der Waals surface area (Å²) in [5.41, 5.74) is 9.63. The van der Waals surface area contributed by atoms with Crippen molar-refractivity contribution >= 4 is 17.2 Å². The summed E-state index contributed by atoms with van der Waals surface area (Å²) in [7, 11) is 0. The second kappa shape index (κ2) is 7.45. The maximum absolute atomic E-state index is 13.2. The number of hydrogen-bond donors (Lipinski definition) is 2. The lowest BCUT2D eigenvalue weighted by molar-refractivity contribution is -0.141. The Morgan fingerprint density at radius 2 is 1.67 bits per heavy atom. The molecule has 8 heteroatoms. The summed E-state index contributed by atoms with van der Waals surface area (Å²) in [4.78, 5) is 7.78. The van der Waals surface area contributed by atoms with Gasteiger partial charge in [-0.25, -0.2) is 9.97 Å². The number of halogens is 3. The zero-order chi connectivity index (χ0) is 19.4. The maximum atomic E-state index is 13.2. The van der Waals surface area contributed by atoms with Crippen molar-refractivity contribution in [3.05, 3.63) is 71.9 Å². The van der Waals surface area contributed by atoms with Crippen molar-refractivity contribution in [1.29, 1.82) is 0 Å². The Morgan fingerprint density at radius 3 is 2.30 bits per heavy atom. The molecule has 3 N–H and O–H groups in total. The Labute approximate surface area is 153 Å². The summed E-state index contributed by atoms with van der Waals surface area (Å²) in [6.07, 6.45) is -4.60. The number of aromatic nitrogens is 2. The number of hydrazone groups is 1. The molecule has 0 aliphatic carbocycles. The summed E-state index contributed by atoms with van der Waals surface area (Å²) < 4.78 is 39.6. The van der Waals surface area contributed by atoms with Crippen molar-refractivity contribution in [2.75, 3.05) is 11.2 Å². The average molecular weight is 371 g/mol. The summed E-state index contributed by atoms with van der Waals surface area (Å²) in [6, 6.07) is 16.2. The van der Waals surface area contributed by atoms with Crippen molar-refractivity contribution in [3.8, 4) is 11.4 Å². The summed E-state index contributed by atoms with van der Waals surface area (Å²) >= 11 is 0. The molecule has 0 aliphatic rings. The first-order valence-corrected chi connectivity index (χ1v) is 8.01. The average Bonchev–Trinajstić information content (AvgIpc) is 2.66. The van der Waals surface area contributed by atoms with Gasteiger partial charge in [-0.05, 0) is 24.6 Å². The van der Waals surface area contributed by atoms with Crippen LogP contribution in [0.2, 0.25) is 0 Å². The topological polar surface area (TPSA) is 76.2 Å². The van der Waals surface area contributed by atoms with Gasteiger partial charge < -0.3 is 5.73 Å². The molecule has 0 bridgehead atoms. The van der Waals surface area contributed by atoms with Gasteiger partial charge in [-0.2, -0.15) is 18.3 Å². The summed E-state index contributed by atoms with van der Waals surface area (Å²) in [5, 5.41) is 4.12. The number of benzene rings is 2. The van der Waals surface area contributed by atoms with E-state index < -0.39 is 11.9 Å². The number of nitrogens with one attached hydrogen (secondary N) is 1. The molecule has 0 atom stereocenters. The van der Waals surface area contributed by atoms with Crippen LogP contribution in [0.1, 0.15) is 18.2 Å². The molecular weight excluding hydrogens is 355 g/mol. The molecule has 0 spiro atoms. The standard InChI is InChI=1S/C19H16F3N5/c1-12(13-7-9-15(23)10-8-13)26-27-17-11-16(19(20,21)22)24-18(25-17)14-5-3-2-4-6-14/h2-11H,23H2,1H3,(H,24,25,27)/b26-12+. The van der Waals surface area contributed by atoms with Crippen LogP contribution in [0.25, 0.3) is 11.4 Å². The highest BCUT2D eigenvalue weighted by Gasteiger charge is 2.33. The van der Waals surface area contributed by atoms with Crippen LogP contribution >= 0.6 is 0 Å². The first-order chi connectivity index (χ1) is 12.8. The Morgan fingerprint density at radius 1 is 1.00 bits per heavy atom. The van der Waals surface area contributed by atoms with Gasteiger partial charge in [-0.1, -0.05) is 42.5 Å². The second-order valence-electron chi connectivity index (χ2n) is 5.76. The first-order valence-electron chi connectivity index (χ1n) is 8.01. The number of nitrogens with two attached hydrogens (primary N) is 1.